The Morgan fingerprint density at radius 3 is 2.57 bits per heavy atom. The summed E-state index contributed by atoms with van der Waals surface area (Å²) in [6.45, 7) is 3.73. The number of hydrogen-bond acceptors (Lipinski definition) is 2. The van der Waals surface area contributed by atoms with Crippen molar-refractivity contribution in [3.05, 3.63) is 24.3 Å². The Balaban J connectivity index is 2.61. The van der Waals surface area contributed by atoms with E-state index in [1.54, 1.807) is 18.2 Å². The topological polar surface area (TPSA) is 61.4 Å². The van der Waals surface area contributed by atoms with Gasteiger partial charge >= 0.3 is 6.03 Å². The van der Waals surface area contributed by atoms with Crippen molar-refractivity contribution in [2.24, 2.45) is 0 Å². The number of anilines is 1. The molecule has 76 valence electrons. The Morgan fingerprint density at radius 1 is 1.36 bits per heavy atom. The Kier molecular flexibility index (Phi) is 3.34. The predicted octanol–water partition coefficient (Wildman–Crippen LogP) is 1.92. The Hall–Kier alpha value is -1.71. The number of nitrogens with one attached hydrogen (secondary N) is 2. The molecule has 1 aromatic rings. The van der Waals surface area contributed by atoms with Gasteiger partial charge in [0.1, 0.15) is 5.75 Å². The first kappa shape index (κ1) is 10.4. The first-order chi connectivity index (χ1) is 6.59. The Bertz CT molecular complexity index is 324. The van der Waals surface area contributed by atoms with Gasteiger partial charge in [-0.05, 0) is 26.0 Å². The van der Waals surface area contributed by atoms with Gasteiger partial charge in [0.15, 0.2) is 0 Å². The number of phenols is 1. The number of amides is 2. The van der Waals surface area contributed by atoms with Gasteiger partial charge in [0.05, 0.1) is 5.69 Å². The molecule has 0 aliphatic rings. The maximum Gasteiger partial charge on any atom is 0.319 e. The molecule has 0 aliphatic carbocycles. The van der Waals surface area contributed by atoms with Crippen molar-refractivity contribution in [1.82, 2.24) is 5.32 Å². The summed E-state index contributed by atoms with van der Waals surface area (Å²) in [6.07, 6.45) is 0. The molecule has 0 atom stereocenters. The fraction of sp³-hybridized carbons (Fsp3) is 0.300. The number of phenolic OH excluding ortho intramolecular Hbond substituents is 1. The zero-order valence-electron chi connectivity index (χ0n) is 8.24. The number of carbonyl (C=O) groups excluding carboxylic acids is 1. The van der Waals surface area contributed by atoms with Gasteiger partial charge < -0.3 is 15.7 Å². The molecule has 1 rings (SSSR count). The fourth-order valence-electron chi connectivity index (χ4n) is 1.000. The lowest BCUT2D eigenvalue weighted by molar-refractivity contribution is 0.250. The number of para-hydroxylation sites is 2. The van der Waals surface area contributed by atoms with E-state index in [0.29, 0.717) is 5.69 Å². The van der Waals surface area contributed by atoms with Gasteiger partial charge in [0.2, 0.25) is 0 Å². The van der Waals surface area contributed by atoms with Crippen molar-refractivity contribution in [1.29, 1.82) is 0 Å². The lowest BCUT2D eigenvalue weighted by atomic mass is 10.3. The molecule has 0 saturated carbocycles. The van der Waals surface area contributed by atoms with Crippen molar-refractivity contribution in [3.63, 3.8) is 0 Å². The van der Waals surface area contributed by atoms with E-state index in [4.69, 9.17) is 0 Å². The van der Waals surface area contributed by atoms with E-state index in [9.17, 15) is 9.90 Å². The highest BCUT2D eigenvalue weighted by Gasteiger charge is 2.05. The molecule has 2 amide bonds. The smallest absolute Gasteiger partial charge is 0.319 e. The normalized spacial score (nSPS) is 9.93. The summed E-state index contributed by atoms with van der Waals surface area (Å²) >= 11 is 0. The van der Waals surface area contributed by atoms with E-state index in [1.165, 1.54) is 6.07 Å². The molecule has 0 bridgehead atoms. The van der Waals surface area contributed by atoms with Crippen LogP contribution in [0, 0.1) is 0 Å². The van der Waals surface area contributed by atoms with Crippen molar-refractivity contribution >= 4 is 11.7 Å². The van der Waals surface area contributed by atoms with Crippen LogP contribution >= 0.6 is 0 Å². The second kappa shape index (κ2) is 4.50. The van der Waals surface area contributed by atoms with Gasteiger partial charge in [-0.3, -0.25) is 0 Å². The van der Waals surface area contributed by atoms with Gasteiger partial charge in [-0.1, -0.05) is 12.1 Å². The first-order valence-corrected chi connectivity index (χ1v) is 4.45. The highest BCUT2D eigenvalue weighted by atomic mass is 16.3. The van der Waals surface area contributed by atoms with Crippen LogP contribution in [-0.4, -0.2) is 17.2 Å². The predicted molar refractivity (Wildman–Crippen MR) is 55.4 cm³/mol. The largest absolute Gasteiger partial charge is 0.506 e. The summed E-state index contributed by atoms with van der Waals surface area (Å²) in [5.74, 6) is 0.0615. The third-order valence-corrected chi connectivity index (χ3v) is 1.57. The average Bonchev–Trinajstić information content (AvgIpc) is 2.07. The van der Waals surface area contributed by atoms with Crippen LogP contribution in [0.2, 0.25) is 0 Å². The van der Waals surface area contributed by atoms with Crippen molar-refractivity contribution < 1.29 is 9.90 Å². The summed E-state index contributed by atoms with van der Waals surface area (Å²) in [4.78, 5) is 11.2. The molecule has 0 saturated heterocycles. The summed E-state index contributed by atoms with van der Waals surface area (Å²) in [6, 6.07) is 6.34. The van der Waals surface area contributed by atoms with E-state index in [1.807, 2.05) is 13.8 Å². The Labute approximate surface area is 82.9 Å². The maximum absolute atomic E-state index is 11.2. The number of benzene rings is 1. The van der Waals surface area contributed by atoms with Crippen LogP contribution in [0.4, 0.5) is 10.5 Å². The van der Waals surface area contributed by atoms with E-state index >= 15 is 0 Å². The minimum absolute atomic E-state index is 0.0615. The molecule has 0 radical (unpaired) electrons. The third-order valence-electron chi connectivity index (χ3n) is 1.57. The SMILES string of the molecule is CC(C)NC(=O)Nc1ccccc1O. The van der Waals surface area contributed by atoms with Crippen LogP contribution in [0.1, 0.15) is 13.8 Å². The molecular weight excluding hydrogens is 180 g/mol. The maximum atomic E-state index is 11.2. The van der Waals surface area contributed by atoms with E-state index < -0.39 is 0 Å². The van der Waals surface area contributed by atoms with Crippen LogP contribution in [0.3, 0.4) is 0 Å². The van der Waals surface area contributed by atoms with E-state index in [2.05, 4.69) is 10.6 Å². The van der Waals surface area contributed by atoms with Crippen molar-refractivity contribution in [3.8, 4) is 5.75 Å². The molecule has 4 heteroatoms. The molecule has 0 unspecified atom stereocenters. The van der Waals surface area contributed by atoms with Crippen LogP contribution in [-0.2, 0) is 0 Å². The average molecular weight is 194 g/mol. The molecule has 3 N–H and O–H groups in total. The highest BCUT2D eigenvalue weighted by molar-refractivity contribution is 5.90. The molecule has 14 heavy (non-hydrogen) atoms. The number of hydrogen-bond donors (Lipinski definition) is 3. The van der Waals surface area contributed by atoms with Crippen molar-refractivity contribution in [2.75, 3.05) is 5.32 Å². The lowest BCUT2D eigenvalue weighted by Crippen LogP contribution is -2.34. The highest BCUT2D eigenvalue weighted by Crippen LogP contribution is 2.20. The molecule has 0 spiro atoms. The van der Waals surface area contributed by atoms with E-state index in [-0.39, 0.29) is 17.8 Å². The standard InChI is InChI=1S/C10H14N2O2/c1-7(2)11-10(14)12-8-5-3-4-6-9(8)13/h3-7,13H,1-2H3,(H2,11,12,14). The van der Waals surface area contributed by atoms with Gasteiger partial charge in [-0.2, -0.15) is 0 Å². The molecule has 0 aliphatic heterocycles. The molecule has 4 nitrogen and oxygen atoms in total. The lowest BCUT2D eigenvalue weighted by Gasteiger charge is -2.10. The van der Waals surface area contributed by atoms with Gasteiger partial charge in [-0.15, -0.1) is 0 Å². The van der Waals surface area contributed by atoms with Crippen LogP contribution in [0.15, 0.2) is 24.3 Å². The summed E-state index contributed by atoms with van der Waals surface area (Å²) < 4.78 is 0. The fourth-order valence-corrected chi connectivity index (χ4v) is 1.000. The third kappa shape index (κ3) is 2.97. The number of urea groups is 1. The molecule has 1 aromatic carbocycles. The van der Waals surface area contributed by atoms with Crippen molar-refractivity contribution in [2.45, 2.75) is 19.9 Å². The van der Waals surface area contributed by atoms with Gasteiger partial charge in [0, 0.05) is 6.04 Å². The minimum Gasteiger partial charge on any atom is -0.506 e. The van der Waals surface area contributed by atoms with Crippen LogP contribution in [0.25, 0.3) is 0 Å². The number of aromatic hydroxyl groups is 1. The molecule has 0 heterocycles. The van der Waals surface area contributed by atoms with Gasteiger partial charge in [-0.25, -0.2) is 4.79 Å². The summed E-state index contributed by atoms with van der Waals surface area (Å²) in [7, 11) is 0. The van der Waals surface area contributed by atoms with Crippen LogP contribution in [0.5, 0.6) is 5.75 Å². The molecular formula is C10H14N2O2. The first-order valence-electron chi connectivity index (χ1n) is 4.45. The summed E-state index contributed by atoms with van der Waals surface area (Å²) in [5.41, 5.74) is 0.408. The zero-order chi connectivity index (χ0) is 10.6. The van der Waals surface area contributed by atoms with Crippen LogP contribution < -0.4 is 10.6 Å². The second-order valence-corrected chi connectivity index (χ2v) is 3.27. The minimum atomic E-state index is -0.318. The summed E-state index contributed by atoms with van der Waals surface area (Å²) in [5, 5.41) is 14.5. The monoisotopic (exact) mass is 194 g/mol. The molecule has 0 aromatic heterocycles. The zero-order valence-corrected chi connectivity index (χ0v) is 8.24. The van der Waals surface area contributed by atoms with Gasteiger partial charge in [0.25, 0.3) is 0 Å². The second-order valence-electron chi connectivity index (χ2n) is 3.27. The molecule has 0 fully saturated rings. The quantitative estimate of drug-likeness (QED) is 0.630. The number of carbonyl (C=O) groups is 1. The van der Waals surface area contributed by atoms with E-state index in [0.717, 1.165) is 0 Å². The Morgan fingerprint density at radius 2 is 2.00 bits per heavy atom. The number of rotatable bonds is 2.